The standard InChI is InChI=1S/2H3NS.H2O4S/c2*1-2;1-5(2,3)4/h2*2H,1H2;(H2,1,2,3,4). The molecule has 9 heteroatoms. The van der Waals surface area contributed by atoms with Crippen molar-refractivity contribution in [3.63, 3.8) is 0 Å². The second kappa shape index (κ2) is 11.3. The normalized spacial score (nSPS) is 7.78. The van der Waals surface area contributed by atoms with Crippen molar-refractivity contribution in [2.45, 2.75) is 0 Å². The van der Waals surface area contributed by atoms with Crippen LogP contribution >= 0.6 is 0 Å². The highest BCUT2D eigenvalue weighted by Gasteiger charge is 1.49. The van der Waals surface area contributed by atoms with Crippen molar-refractivity contribution in [1.29, 1.82) is 0 Å². The Balaban J connectivity index is -0.0000000771. The lowest BCUT2D eigenvalue weighted by atomic mass is 14.0. The number of hydrogen-bond donors (Lipinski definition) is 2. The van der Waals surface area contributed by atoms with Gasteiger partial charge in [-0.05, 0) is 0 Å². The lowest BCUT2D eigenvalue weighted by Crippen LogP contribution is -1.91. The van der Waals surface area contributed by atoms with Gasteiger partial charge in [0, 0.05) is 36.0 Å². The minimum Gasteiger partial charge on any atom is -0.759 e. The third-order valence-electron chi connectivity index (χ3n) is 0. The highest BCUT2D eigenvalue weighted by molar-refractivity contribution is 7.79. The quantitative estimate of drug-likeness (QED) is 0.234. The van der Waals surface area contributed by atoms with E-state index in [-0.39, 0.29) is 0 Å². The lowest BCUT2D eigenvalue weighted by Gasteiger charge is -2.06. The molecule has 0 aliphatic heterocycles. The largest absolute Gasteiger partial charge is 0.759 e. The molecule has 0 heterocycles. The molecule has 0 saturated heterocycles. The molecule has 0 atom stereocenters. The van der Waals surface area contributed by atoms with Crippen molar-refractivity contribution in [2.24, 2.45) is 10.3 Å². The maximum absolute atomic E-state index is 8.52. The van der Waals surface area contributed by atoms with Crippen LogP contribution in [0.5, 0.6) is 0 Å². The molecule has 0 aliphatic carbocycles. The van der Waals surface area contributed by atoms with E-state index >= 15 is 0 Å². The van der Waals surface area contributed by atoms with Crippen LogP contribution in [-0.4, -0.2) is 17.5 Å². The predicted octanol–water partition coefficient (Wildman–Crippen LogP) is -3.59. The predicted molar refractivity (Wildman–Crippen MR) is 39.2 cm³/mol. The summed E-state index contributed by atoms with van der Waals surface area (Å²) in [7, 11) is -5.17. The fourth-order valence-corrected chi connectivity index (χ4v) is 0. The average molecular weight is 196 g/mol. The summed E-state index contributed by atoms with van der Waals surface area (Å²) < 4.78 is 34.1. The van der Waals surface area contributed by atoms with Gasteiger partial charge in [0.25, 0.3) is 0 Å². The van der Waals surface area contributed by atoms with Crippen LogP contribution in [0.15, 0.2) is 0 Å². The molecule has 0 aromatic rings. The molecule has 0 amide bonds. The Morgan fingerprint density at radius 3 is 1.00 bits per heavy atom. The van der Waals surface area contributed by atoms with Gasteiger partial charge in [0.1, 0.15) is 0 Å². The van der Waals surface area contributed by atoms with E-state index in [2.05, 4.69) is 35.9 Å². The molecule has 0 saturated carbocycles. The van der Waals surface area contributed by atoms with Crippen LogP contribution in [0.2, 0.25) is 0 Å². The molecule has 0 aromatic carbocycles. The Bertz CT molecular complexity index is 97.0. The number of hydrogen-bond acceptors (Lipinski definition) is 6. The SMILES string of the molecule is N[SH2+].N[SH2+].O=S(=O)([O-])[O-]. The van der Waals surface area contributed by atoms with E-state index in [1.54, 1.807) is 0 Å². The highest BCUT2D eigenvalue weighted by atomic mass is 32.3. The van der Waals surface area contributed by atoms with Crippen LogP contribution in [0.4, 0.5) is 0 Å². The zero-order valence-electron chi connectivity index (χ0n) is 4.20. The third kappa shape index (κ3) is 1490. The van der Waals surface area contributed by atoms with E-state index in [1.807, 2.05) is 0 Å². The molecule has 6 nitrogen and oxygen atoms in total. The molecule has 9 heavy (non-hydrogen) atoms. The molecular weight excluding hydrogens is 188 g/mol. The molecule has 0 aromatic heterocycles. The van der Waals surface area contributed by atoms with Crippen LogP contribution in [-0.2, 0) is 36.0 Å². The van der Waals surface area contributed by atoms with E-state index < -0.39 is 10.4 Å². The first-order valence-corrected chi connectivity index (χ1v) is 3.73. The first-order chi connectivity index (χ1) is 4.00. The molecule has 0 radical (unpaired) electrons. The Kier molecular flexibility index (Phi) is 20.4. The van der Waals surface area contributed by atoms with E-state index in [9.17, 15) is 0 Å². The summed E-state index contributed by atoms with van der Waals surface area (Å²) in [5.41, 5.74) is 0. The molecule has 0 unspecified atom stereocenters. The van der Waals surface area contributed by atoms with Crippen molar-refractivity contribution in [3.8, 4) is 0 Å². The first-order valence-electron chi connectivity index (χ1n) is 1.24. The van der Waals surface area contributed by atoms with Gasteiger partial charge in [-0.2, -0.15) is 10.3 Å². The summed E-state index contributed by atoms with van der Waals surface area (Å²) in [4.78, 5) is 0. The fourth-order valence-electron chi connectivity index (χ4n) is 0. The maximum atomic E-state index is 8.52. The van der Waals surface area contributed by atoms with Gasteiger partial charge >= 0.3 is 0 Å². The molecule has 60 valence electrons. The highest BCUT2D eigenvalue weighted by Crippen LogP contribution is 1.57. The Morgan fingerprint density at radius 2 is 1.00 bits per heavy atom. The lowest BCUT2D eigenvalue weighted by molar-refractivity contribution is 0.352. The van der Waals surface area contributed by atoms with Crippen molar-refractivity contribution >= 4 is 36.0 Å². The Labute approximate surface area is 64.3 Å². The van der Waals surface area contributed by atoms with Crippen LogP contribution in [0.3, 0.4) is 0 Å². The summed E-state index contributed by atoms with van der Waals surface area (Å²) in [6, 6.07) is 0. The van der Waals surface area contributed by atoms with Crippen LogP contribution in [0.1, 0.15) is 0 Å². The molecule has 0 fully saturated rings. The Morgan fingerprint density at radius 1 is 1.00 bits per heavy atom. The molecule has 0 bridgehead atoms. The summed E-state index contributed by atoms with van der Waals surface area (Å²) >= 11 is 4.94. The van der Waals surface area contributed by atoms with E-state index in [0.29, 0.717) is 0 Å². The zero-order valence-corrected chi connectivity index (χ0v) is 7.01. The van der Waals surface area contributed by atoms with E-state index in [1.165, 1.54) is 0 Å². The topological polar surface area (TPSA) is 132 Å². The van der Waals surface area contributed by atoms with Gasteiger partial charge in [-0.3, -0.25) is 8.42 Å². The van der Waals surface area contributed by atoms with Gasteiger partial charge in [-0.1, -0.05) is 0 Å². The van der Waals surface area contributed by atoms with Gasteiger partial charge in [0.05, 0.1) is 0 Å². The van der Waals surface area contributed by atoms with E-state index in [0.717, 1.165) is 0 Å². The van der Waals surface area contributed by atoms with Gasteiger partial charge in [0.2, 0.25) is 0 Å². The van der Waals surface area contributed by atoms with Crippen molar-refractivity contribution in [2.75, 3.05) is 0 Å². The van der Waals surface area contributed by atoms with Crippen molar-refractivity contribution < 1.29 is 17.5 Å². The minimum atomic E-state index is -5.17. The smallest absolute Gasteiger partial charge is 0.0395 e. The molecule has 4 N–H and O–H groups in total. The summed E-state index contributed by atoms with van der Waals surface area (Å²) in [6.45, 7) is 0. The van der Waals surface area contributed by atoms with Crippen LogP contribution < -0.4 is 10.3 Å². The summed E-state index contributed by atoms with van der Waals surface area (Å²) in [5, 5.41) is 8.61. The van der Waals surface area contributed by atoms with Gasteiger partial charge in [-0.25, -0.2) is 0 Å². The minimum absolute atomic E-state index is 2.47. The fraction of sp³-hybridized carbons (Fsp3) is 0. The number of nitrogens with two attached hydrogens (primary N) is 2. The maximum Gasteiger partial charge on any atom is 0.0395 e. The zero-order chi connectivity index (χ0) is 8.50. The monoisotopic (exact) mass is 196 g/mol. The first kappa shape index (κ1) is 16.2. The second-order valence-corrected chi connectivity index (χ2v) is 1.22. The molecule has 0 rings (SSSR count). The van der Waals surface area contributed by atoms with Crippen LogP contribution in [0, 0.1) is 0 Å². The third-order valence-corrected chi connectivity index (χ3v) is 0. The summed E-state index contributed by atoms with van der Waals surface area (Å²) in [5.74, 6) is 0. The molecule has 0 aliphatic rings. The molecular formula is H8N2O4S3. The van der Waals surface area contributed by atoms with Gasteiger partial charge < -0.3 is 9.11 Å². The Hall–Kier alpha value is 0.490. The van der Waals surface area contributed by atoms with Crippen molar-refractivity contribution in [3.05, 3.63) is 0 Å². The molecule has 0 spiro atoms. The summed E-state index contributed by atoms with van der Waals surface area (Å²) in [6.07, 6.45) is 0. The van der Waals surface area contributed by atoms with Crippen LogP contribution in [0.25, 0.3) is 0 Å². The van der Waals surface area contributed by atoms with Gasteiger partial charge in [0.15, 0.2) is 0 Å². The van der Waals surface area contributed by atoms with Gasteiger partial charge in [-0.15, -0.1) is 0 Å². The average Bonchev–Trinajstić information content (AvgIpc) is 1.72. The van der Waals surface area contributed by atoms with E-state index in [4.69, 9.17) is 17.5 Å². The van der Waals surface area contributed by atoms with Crippen molar-refractivity contribution in [1.82, 2.24) is 0 Å². The number of rotatable bonds is 0. The second-order valence-electron chi connectivity index (χ2n) is 0.408.